The van der Waals surface area contributed by atoms with Gasteiger partial charge in [-0.2, -0.15) is 0 Å². The summed E-state index contributed by atoms with van der Waals surface area (Å²) in [6, 6.07) is 11.3. The number of aromatic amines is 1. The Bertz CT molecular complexity index is 965. The van der Waals surface area contributed by atoms with Crippen LogP contribution in [0.3, 0.4) is 0 Å². The maximum Gasteiger partial charge on any atom is 0.261 e. The number of carbonyl (C=O) groups is 1. The molecule has 0 bridgehead atoms. The topological polar surface area (TPSA) is 75.1 Å². The highest BCUT2D eigenvalue weighted by molar-refractivity contribution is 6.42. The molecule has 1 aromatic carbocycles. The van der Waals surface area contributed by atoms with Crippen molar-refractivity contribution in [3.63, 3.8) is 0 Å². The van der Waals surface area contributed by atoms with Crippen molar-refractivity contribution < 1.29 is 9.21 Å². The van der Waals surface area contributed by atoms with Gasteiger partial charge >= 0.3 is 0 Å². The fourth-order valence-corrected chi connectivity index (χ4v) is 2.67. The van der Waals surface area contributed by atoms with Crippen LogP contribution in [0.2, 0.25) is 10.0 Å². The van der Waals surface area contributed by atoms with Gasteiger partial charge in [-0.1, -0.05) is 29.3 Å². The summed E-state index contributed by atoms with van der Waals surface area (Å²) >= 11 is 11.9. The minimum Gasteiger partial charge on any atom is -0.463 e. The number of rotatable bonds is 4. The van der Waals surface area contributed by atoms with Crippen molar-refractivity contribution in [3.8, 4) is 11.5 Å². The third-order valence-corrected chi connectivity index (χ3v) is 4.47. The first-order chi connectivity index (χ1) is 12.0. The minimum atomic E-state index is -0.493. The number of aromatic nitrogens is 1. The summed E-state index contributed by atoms with van der Waals surface area (Å²) in [5.74, 6) is 0.0408. The molecule has 25 heavy (non-hydrogen) atoms. The van der Waals surface area contributed by atoms with E-state index >= 15 is 0 Å². The van der Waals surface area contributed by atoms with Crippen molar-refractivity contribution in [1.29, 1.82) is 0 Å². The molecule has 3 rings (SSSR count). The zero-order chi connectivity index (χ0) is 18.0. The fraction of sp³-hybridized carbons (Fsp3) is 0.111. The molecule has 1 amide bonds. The van der Waals surface area contributed by atoms with Gasteiger partial charge in [0.25, 0.3) is 11.5 Å². The number of nitrogens with one attached hydrogen (secondary N) is 2. The lowest BCUT2D eigenvalue weighted by atomic mass is 10.1. The van der Waals surface area contributed by atoms with E-state index in [9.17, 15) is 9.59 Å². The second-order valence-electron chi connectivity index (χ2n) is 5.46. The number of halogens is 2. The van der Waals surface area contributed by atoms with Crippen LogP contribution in [-0.2, 0) is 0 Å². The molecule has 0 fully saturated rings. The number of benzene rings is 1. The second-order valence-corrected chi connectivity index (χ2v) is 6.28. The van der Waals surface area contributed by atoms with E-state index in [0.29, 0.717) is 21.5 Å². The Morgan fingerprint density at radius 2 is 1.96 bits per heavy atom. The summed E-state index contributed by atoms with van der Waals surface area (Å²) < 4.78 is 5.22. The molecule has 0 aliphatic carbocycles. The fourth-order valence-electron chi connectivity index (χ4n) is 2.37. The van der Waals surface area contributed by atoms with E-state index in [2.05, 4.69) is 10.3 Å². The van der Waals surface area contributed by atoms with Crippen LogP contribution in [0.4, 0.5) is 0 Å². The largest absolute Gasteiger partial charge is 0.463 e. The van der Waals surface area contributed by atoms with Gasteiger partial charge < -0.3 is 14.7 Å². The predicted molar refractivity (Wildman–Crippen MR) is 97.1 cm³/mol. The molecule has 3 aromatic rings. The summed E-state index contributed by atoms with van der Waals surface area (Å²) in [7, 11) is 0. The lowest BCUT2D eigenvalue weighted by molar-refractivity contribution is 0.0938. The molecule has 128 valence electrons. The van der Waals surface area contributed by atoms with E-state index in [4.69, 9.17) is 27.6 Å². The highest BCUT2D eigenvalue weighted by atomic mass is 35.5. The van der Waals surface area contributed by atoms with Gasteiger partial charge in [0.2, 0.25) is 0 Å². The summed E-state index contributed by atoms with van der Waals surface area (Å²) in [6.45, 7) is 1.79. The lowest BCUT2D eigenvalue weighted by Crippen LogP contribution is -2.31. The lowest BCUT2D eigenvalue weighted by Gasteiger charge is -2.15. The molecule has 2 heterocycles. The molecule has 1 atom stereocenters. The number of hydrogen-bond donors (Lipinski definition) is 2. The van der Waals surface area contributed by atoms with Crippen LogP contribution >= 0.6 is 23.2 Å². The first kappa shape index (κ1) is 17.3. The Hall–Kier alpha value is -2.50. The predicted octanol–water partition coefficient (Wildman–Crippen LogP) is 4.43. The third-order valence-electron chi connectivity index (χ3n) is 3.73. The molecule has 7 heteroatoms. The normalized spacial score (nSPS) is 12.0. The number of hydrogen-bond acceptors (Lipinski definition) is 3. The number of carbonyl (C=O) groups excluding carboxylic acids is 1. The van der Waals surface area contributed by atoms with Crippen LogP contribution < -0.4 is 10.9 Å². The van der Waals surface area contributed by atoms with Crippen molar-refractivity contribution >= 4 is 29.1 Å². The van der Waals surface area contributed by atoms with Crippen molar-refractivity contribution in [2.75, 3.05) is 0 Å². The molecule has 0 spiro atoms. The molecule has 0 radical (unpaired) electrons. The average molecular weight is 377 g/mol. The SMILES string of the molecule is C[C@@H](NC(=O)c1ccc(-c2ccco2)[nH]c1=O)c1ccc(Cl)c(Cl)c1. The zero-order valence-electron chi connectivity index (χ0n) is 13.2. The molecule has 0 saturated heterocycles. The van der Waals surface area contributed by atoms with Gasteiger partial charge in [0.05, 0.1) is 28.0 Å². The van der Waals surface area contributed by atoms with Gasteiger partial charge in [0, 0.05) is 0 Å². The van der Waals surface area contributed by atoms with Gasteiger partial charge in [-0.25, -0.2) is 0 Å². The van der Waals surface area contributed by atoms with Crippen molar-refractivity contribution in [2.45, 2.75) is 13.0 Å². The van der Waals surface area contributed by atoms with Gasteiger partial charge in [-0.3, -0.25) is 9.59 Å². The van der Waals surface area contributed by atoms with Crippen molar-refractivity contribution in [2.24, 2.45) is 0 Å². The summed E-state index contributed by atoms with van der Waals surface area (Å²) in [6.07, 6.45) is 1.51. The van der Waals surface area contributed by atoms with Crippen LogP contribution in [0.25, 0.3) is 11.5 Å². The van der Waals surface area contributed by atoms with Crippen LogP contribution in [0.15, 0.2) is 57.9 Å². The highest BCUT2D eigenvalue weighted by Crippen LogP contribution is 2.25. The molecule has 0 aliphatic heterocycles. The first-order valence-corrected chi connectivity index (χ1v) is 8.24. The van der Waals surface area contributed by atoms with Gasteiger partial charge in [-0.15, -0.1) is 0 Å². The average Bonchev–Trinajstić information content (AvgIpc) is 3.11. The molecule has 2 aromatic heterocycles. The maximum atomic E-state index is 12.4. The number of H-pyrrole nitrogens is 1. The van der Waals surface area contributed by atoms with E-state index in [1.807, 2.05) is 0 Å². The van der Waals surface area contributed by atoms with Crippen LogP contribution in [0.1, 0.15) is 28.9 Å². The van der Waals surface area contributed by atoms with E-state index < -0.39 is 11.5 Å². The van der Waals surface area contributed by atoms with Gasteiger partial charge in [0.1, 0.15) is 11.3 Å². The van der Waals surface area contributed by atoms with E-state index in [0.717, 1.165) is 5.56 Å². The summed E-state index contributed by atoms with van der Waals surface area (Å²) in [5, 5.41) is 3.61. The number of pyridine rings is 1. The number of furan rings is 1. The van der Waals surface area contributed by atoms with E-state index in [1.165, 1.54) is 12.3 Å². The van der Waals surface area contributed by atoms with Gasteiger partial charge in [-0.05, 0) is 48.9 Å². The zero-order valence-corrected chi connectivity index (χ0v) is 14.7. The quantitative estimate of drug-likeness (QED) is 0.706. The third kappa shape index (κ3) is 3.78. The van der Waals surface area contributed by atoms with Crippen LogP contribution in [0, 0.1) is 0 Å². The molecular weight excluding hydrogens is 363 g/mol. The Morgan fingerprint density at radius 3 is 2.60 bits per heavy atom. The second kappa shape index (κ2) is 7.17. The van der Waals surface area contributed by atoms with Crippen LogP contribution in [0.5, 0.6) is 0 Å². The molecule has 5 nitrogen and oxygen atoms in total. The monoisotopic (exact) mass is 376 g/mol. The summed E-state index contributed by atoms with van der Waals surface area (Å²) in [5.41, 5.74) is 0.811. The molecule has 2 N–H and O–H groups in total. The molecule has 0 saturated carbocycles. The van der Waals surface area contributed by atoms with Gasteiger partial charge in [0.15, 0.2) is 0 Å². The molecule has 0 aliphatic rings. The standard InChI is InChI=1S/C18H14Cl2N2O3/c1-10(11-4-6-13(19)14(20)9-11)21-17(23)12-5-7-15(22-18(12)24)16-3-2-8-25-16/h2-10H,1H3,(H,21,23)(H,22,24)/t10-/m1/s1. The first-order valence-electron chi connectivity index (χ1n) is 7.48. The minimum absolute atomic E-state index is 0.0159. The Kier molecular flexibility index (Phi) is 4.97. The smallest absolute Gasteiger partial charge is 0.261 e. The Labute approximate surface area is 153 Å². The Balaban J connectivity index is 1.79. The molecular formula is C18H14Cl2N2O3. The van der Waals surface area contributed by atoms with E-state index in [-0.39, 0.29) is 11.6 Å². The van der Waals surface area contributed by atoms with Crippen molar-refractivity contribution in [3.05, 3.63) is 80.3 Å². The van der Waals surface area contributed by atoms with Crippen molar-refractivity contribution in [1.82, 2.24) is 10.3 Å². The summed E-state index contributed by atoms with van der Waals surface area (Å²) in [4.78, 5) is 27.2. The van der Waals surface area contributed by atoms with E-state index in [1.54, 1.807) is 43.3 Å². The van der Waals surface area contributed by atoms with Crippen LogP contribution in [-0.4, -0.2) is 10.9 Å². The maximum absolute atomic E-state index is 12.4. The molecule has 0 unspecified atom stereocenters. The number of amides is 1. The highest BCUT2D eigenvalue weighted by Gasteiger charge is 2.16. The Morgan fingerprint density at radius 1 is 1.16 bits per heavy atom.